The van der Waals surface area contributed by atoms with Crippen molar-refractivity contribution in [1.82, 2.24) is 9.62 Å². The number of nitrogens with zero attached hydrogens (tertiary/aromatic N) is 2. The van der Waals surface area contributed by atoms with E-state index in [2.05, 4.69) is 23.5 Å². The van der Waals surface area contributed by atoms with E-state index in [-0.39, 0.29) is 22.8 Å². The van der Waals surface area contributed by atoms with Crippen LogP contribution in [0.25, 0.3) is 0 Å². The van der Waals surface area contributed by atoms with Crippen LogP contribution < -0.4 is 9.62 Å². The predicted molar refractivity (Wildman–Crippen MR) is 130 cm³/mol. The summed E-state index contributed by atoms with van der Waals surface area (Å²) >= 11 is 6.37. The van der Waals surface area contributed by atoms with Crippen LogP contribution in [0.15, 0.2) is 18.2 Å². The summed E-state index contributed by atoms with van der Waals surface area (Å²) < 4.78 is 21.3. The SMILES string of the molecule is CC(C)[C@H](NS(=O)C(C)(C)C)c1cc(Cl)ccc1N1CCN(C(=O)OC(C)(C)C)CC1. The van der Waals surface area contributed by atoms with Crippen LogP contribution in [-0.2, 0) is 15.7 Å². The highest BCUT2D eigenvalue weighted by atomic mass is 35.5. The molecular formula is C23H38ClN3O3S. The number of hydrogen-bond donors (Lipinski definition) is 1. The zero-order valence-electron chi connectivity index (χ0n) is 20.1. The fraction of sp³-hybridized carbons (Fsp3) is 0.696. The van der Waals surface area contributed by atoms with Gasteiger partial charge in [0.25, 0.3) is 0 Å². The van der Waals surface area contributed by atoms with Crippen molar-refractivity contribution < 1.29 is 13.7 Å². The quantitative estimate of drug-likeness (QED) is 0.645. The van der Waals surface area contributed by atoms with Crippen molar-refractivity contribution >= 4 is 34.4 Å². The van der Waals surface area contributed by atoms with Crippen LogP contribution in [-0.4, -0.2) is 51.7 Å². The number of nitrogens with one attached hydrogen (secondary N) is 1. The highest BCUT2D eigenvalue weighted by Gasteiger charge is 2.30. The molecule has 1 amide bonds. The van der Waals surface area contributed by atoms with Crippen LogP contribution in [0.5, 0.6) is 0 Å². The molecule has 6 nitrogen and oxygen atoms in total. The number of halogens is 1. The number of carbonyl (C=O) groups is 1. The second kappa shape index (κ2) is 10.1. The Bertz CT molecular complexity index is 794. The molecule has 1 fully saturated rings. The Kier molecular flexibility index (Phi) is 8.45. The molecule has 1 aliphatic heterocycles. The molecular weight excluding hydrogens is 434 g/mol. The molecule has 1 heterocycles. The summed E-state index contributed by atoms with van der Waals surface area (Å²) in [4.78, 5) is 16.4. The zero-order chi connectivity index (χ0) is 23.6. The van der Waals surface area contributed by atoms with Gasteiger partial charge in [-0.2, -0.15) is 0 Å². The average Bonchev–Trinajstić information content (AvgIpc) is 2.63. The van der Waals surface area contributed by atoms with Crippen molar-refractivity contribution in [3.05, 3.63) is 28.8 Å². The Morgan fingerprint density at radius 1 is 1.10 bits per heavy atom. The van der Waals surface area contributed by atoms with E-state index in [0.717, 1.165) is 11.3 Å². The smallest absolute Gasteiger partial charge is 0.410 e. The molecule has 0 radical (unpaired) electrons. The fourth-order valence-corrected chi connectivity index (χ4v) is 4.53. The lowest BCUT2D eigenvalue weighted by atomic mass is 9.95. The van der Waals surface area contributed by atoms with Crippen LogP contribution in [0.3, 0.4) is 0 Å². The fourth-order valence-electron chi connectivity index (χ4n) is 3.37. The molecule has 1 aromatic carbocycles. The molecule has 0 saturated carbocycles. The van der Waals surface area contributed by atoms with Crippen molar-refractivity contribution in [1.29, 1.82) is 0 Å². The van der Waals surface area contributed by atoms with Gasteiger partial charge in [0.2, 0.25) is 0 Å². The third-order valence-corrected chi connectivity index (χ3v) is 6.87. The molecule has 1 unspecified atom stereocenters. The minimum atomic E-state index is -1.21. The van der Waals surface area contributed by atoms with Gasteiger partial charge in [0.1, 0.15) is 5.60 Å². The van der Waals surface area contributed by atoms with Gasteiger partial charge in [-0.05, 0) is 71.2 Å². The van der Waals surface area contributed by atoms with Gasteiger partial charge in [-0.25, -0.2) is 13.7 Å². The summed E-state index contributed by atoms with van der Waals surface area (Å²) in [5.41, 5.74) is 1.59. The summed E-state index contributed by atoms with van der Waals surface area (Å²) in [5, 5.41) is 0.653. The van der Waals surface area contributed by atoms with Crippen LogP contribution in [0.2, 0.25) is 5.02 Å². The first-order valence-corrected chi connectivity index (χ1v) is 12.4. The largest absolute Gasteiger partial charge is 0.444 e. The van der Waals surface area contributed by atoms with Crippen molar-refractivity contribution in [2.24, 2.45) is 5.92 Å². The van der Waals surface area contributed by atoms with Gasteiger partial charge in [0, 0.05) is 42.9 Å². The Morgan fingerprint density at radius 2 is 1.68 bits per heavy atom. The number of hydrogen-bond acceptors (Lipinski definition) is 4. The van der Waals surface area contributed by atoms with Crippen molar-refractivity contribution in [2.45, 2.75) is 71.8 Å². The van der Waals surface area contributed by atoms with E-state index < -0.39 is 16.6 Å². The van der Waals surface area contributed by atoms with Crippen LogP contribution in [0.1, 0.15) is 67.0 Å². The van der Waals surface area contributed by atoms with E-state index in [1.165, 1.54) is 0 Å². The lowest BCUT2D eigenvalue weighted by Gasteiger charge is -2.39. The van der Waals surface area contributed by atoms with Gasteiger partial charge in [0.15, 0.2) is 0 Å². The lowest BCUT2D eigenvalue weighted by molar-refractivity contribution is 0.0240. The highest BCUT2D eigenvalue weighted by Crippen LogP contribution is 2.35. The van der Waals surface area contributed by atoms with Crippen molar-refractivity contribution in [3.8, 4) is 0 Å². The van der Waals surface area contributed by atoms with Gasteiger partial charge in [-0.3, -0.25) is 0 Å². The molecule has 8 heteroatoms. The third-order valence-electron chi connectivity index (χ3n) is 5.05. The van der Waals surface area contributed by atoms with E-state index in [9.17, 15) is 9.00 Å². The molecule has 2 rings (SSSR count). The standard InChI is InChI=1S/C23H38ClN3O3S/c1-16(2)20(25-31(29)23(6,7)8)18-15-17(24)9-10-19(18)26-11-13-27(14-12-26)21(28)30-22(3,4)5/h9-10,15-16,20,25H,11-14H2,1-8H3/t20-,31?/m0/s1. The van der Waals surface area contributed by atoms with Crippen molar-refractivity contribution in [2.75, 3.05) is 31.1 Å². The van der Waals surface area contributed by atoms with E-state index in [1.54, 1.807) is 4.90 Å². The topological polar surface area (TPSA) is 61.9 Å². The molecule has 2 atom stereocenters. The first-order chi connectivity index (χ1) is 14.2. The molecule has 1 aliphatic rings. The number of rotatable bonds is 5. The van der Waals surface area contributed by atoms with Gasteiger partial charge in [-0.15, -0.1) is 0 Å². The number of ether oxygens (including phenoxy) is 1. The Morgan fingerprint density at radius 3 is 2.16 bits per heavy atom. The van der Waals surface area contributed by atoms with E-state index in [1.807, 2.05) is 59.7 Å². The van der Waals surface area contributed by atoms with E-state index in [4.69, 9.17) is 16.3 Å². The number of piperazine rings is 1. The summed E-state index contributed by atoms with van der Waals surface area (Å²) in [6, 6.07) is 5.77. The lowest BCUT2D eigenvalue weighted by Crippen LogP contribution is -2.50. The maximum Gasteiger partial charge on any atom is 0.410 e. The molecule has 1 saturated heterocycles. The van der Waals surface area contributed by atoms with Crippen LogP contribution in [0, 0.1) is 5.92 Å². The Labute approximate surface area is 195 Å². The molecule has 0 bridgehead atoms. The molecule has 1 aromatic rings. The molecule has 0 aliphatic carbocycles. The second-order valence-corrected chi connectivity index (χ2v) is 12.8. The minimum Gasteiger partial charge on any atom is -0.444 e. The summed E-state index contributed by atoms with van der Waals surface area (Å²) in [7, 11) is -1.21. The first kappa shape index (κ1) is 25.9. The Balaban J connectivity index is 2.23. The van der Waals surface area contributed by atoms with Gasteiger partial charge in [0.05, 0.1) is 15.7 Å². The van der Waals surface area contributed by atoms with Crippen LogP contribution in [0.4, 0.5) is 10.5 Å². The molecule has 1 N–H and O–H groups in total. The number of carbonyl (C=O) groups excluding carboxylic acids is 1. The zero-order valence-corrected chi connectivity index (χ0v) is 21.7. The predicted octanol–water partition coefficient (Wildman–Crippen LogP) is 5.15. The third kappa shape index (κ3) is 7.36. The summed E-state index contributed by atoms with van der Waals surface area (Å²) in [5.74, 6) is 0.214. The molecule has 0 spiro atoms. The second-order valence-electron chi connectivity index (χ2n) is 10.4. The minimum absolute atomic E-state index is 0.113. The number of amides is 1. The molecule has 176 valence electrons. The van der Waals surface area contributed by atoms with Crippen molar-refractivity contribution in [3.63, 3.8) is 0 Å². The Hall–Kier alpha value is -1.31. The summed E-state index contributed by atoms with van der Waals surface area (Å²) in [6.45, 7) is 18.3. The summed E-state index contributed by atoms with van der Waals surface area (Å²) in [6.07, 6.45) is -0.272. The first-order valence-electron chi connectivity index (χ1n) is 10.9. The van der Waals surface area contributed by atoms with E-state index >= 15 is 0 Å². The highest BCUT2D eigenvalue weighted by molar-refractivity contribution is 7.84. The average molecular weight is 472 g/mol. The molecule has 31 heavy (non-hydrogen) atoms. The maximum absolute atomic E-state index is 12.9. The normalized spacial score (nSPS) is 17.6. The maximum atomic E-state index is 12.9. The van der Waals surface area contributed by atoms with Gasteiger partial charge >= 0.3 is 6.09 Å². The number of benzene rings is 1. The van der Waals surface area contributed by atoms with E-state index in [0.29, 0.717) is 31.2 Å². The molecule has 0 aromatic heterocycles. The number of anilines is 1. The monoisotopic (exact) mass is 471 g/mol. The van der Waals surface area contributed by atoms with Crippen LogP contribution >= 0.6 is 11.6 Å². The van der Waals surface area contributed by atoms with Gasteiger partial charge < -0.3 is 14.5 Å². The van der Waals surface area contributed by atoms with Gasteiger partial charge in [-0.1, -0.05) is 25.4 Å².